The number of hydrogen-bond donors (Lipinski definition) is 3. The summed E-state index contributed by atoms with van der Waals surface area (Å²) >= 11 is 2.90. The SMILES string of the molecule is CN(c1cccc2cc(C(=O)NCC3(SCc4ccccc4)CCN(C(=O)O)CC3)[nH]c12)S(=O)(=O)c1cccs1. The van der Waals surface area contributed by atoms with E-state index in [4.69, 9.17) is 0 Å². The molecule has 3 heterocycles. The zero-order chi connectivity index (χ0) is 28.3. The van der Waals surface area contributed by atoms with Crippen molar-refractivity contribution in [2.75, 3.05) is 31.0 Å². The van der Waals surface area contributed by atoms with Gasteiger partial charge in [0.2, 0.25) is 0 Å². The van der Waals surface area contributed by atoms with Crippen molar-refractivity contribution in [2.24, 2.45) is 0 Å². The van der Waals surface area contributed by atoms with Crippen LogP contribution in [0, 0.1) is 0 Å². The molecule has 210 valence electrons. The number of nitrogens with zero attached hydrogens (tertiary/aromatic N) is 2. The summed E-state index contributed by atoms with van der Waals surface area (Å²) in [5.41, 5.74) is 2.50. The van der Waals surface area contributed by atoms with E-state index in [0.717, 1.165) is 22.5 Å². The number of rotatable bonds is 9. The molecule has 3 N–H and O–H groups in total. The molecule has 2 aromatic heterocycles. The van der Waals surface area contributed by atoms with Crippen LogP contribution in [0.25, 0.3) is 10.9 Å². The Kier molecular flexibility index (Phi) is 8.11. The third kappa shape index (κ3) is 5.84. The smallest absolute Gasteiger partial charge is 0.407 e. The van der Waals surface area contributed by atoms with Crippen LogP contribution in [-0.4, -0.2) is 66.8 Å². The number of hydrogen-bond acceptors (Lipinski definition) is 6. The van der Waals surface area contributed by atoms with Crippen LogP contribution in [0.3, 0.4) is 0 Å². The number of fused-ring (bicyclic) bond motifs is 1. The highest BCUT2D eigenvalue weighted by Crippen LogP contribution is 2.38. The first-order valence-electron chi connectivity index (χ1n) is 12.8. The zero-order valence-electron chi connectivity index (χ0n) is 21.9. The average molecular weight is 599 g/mol. The van der Waals surface area contributed by atoms with Crippen LogP contribution in [0.15, 0.2) is 76.3 Å². The fourth-order valence-corrected chi connectivity index (χ4v) is 8.50. The van der Waals surface area contributed by atoms with Gasteiger partial charge < -0.3 is 20.3 Å². The number of carboxylic acid groups (broad SMARTS) is 1. The van der Waals surface area contributed by atoms with Gasteiger partial charge in [-0.2, -0.15) is 0 Å². The Bertz CT molecular complexity index is 1600. The van der Waals surface area contributed by atoms with Gasteiger partial charge in [-0.3, -0.25) is 9.10 Å². The number of aromatic amines is 1. The van der Waals surface area contributed by atoms with E-state index in [1.165, 1.54) is 21.8 Å². The number of carbonyl (C=O) groups excluding carboxylic acids is 1. The lowest BCUT2D eigenvalue weighted by Gasteiger charge is -2.40. The lowest BCUT2D eigenvalue weighted by Crippen LogP contribution is -2.50. The van der Waals surface area contributed by atoms with Gasteiger partial charge >= 0.3 is 6.09 Å². The molecule has 1 saturated heterocycles. The largest absolute Gasteiger partial charge is 0.465 e. The first-order chi connectivity index (χ1) is 19.2. The Morgan fingerprint density at radius 2 is 1.85 bits per heavy atom. The monoisotopic (exact) mass is 598 g/mol. The topological polar surface area (TPSA) is 123 Å². The second-order valence-electron chi connectivity index (χ2n) is 9.74. The van der Waals surface area contributed by atoms with Crippen molar-refractivity contribution in [3.8, 4) is 0 Å². The van der Waals surface area contributed by atoms with Crippen molar-refractivity contribution < 1.29 is 23.1 Å². The van der Waals surface area contributed by atoms with Gasteiger partial charge in [0.1, 0.15) is 9.90 Å². The standard InChI is InChI=1S/C28H30N4O5S3/c1-31(40(36,37)24-11-6-16-38-24)23-10-5-9-21-17-22(30-25(21)23)26(33)29-19-28(12-14-32(15-13-28)27(34)35)39-18-20-7-3-2-4-8-20/h2-11,16-17,30H,12-15,18-19H2,1H3,(H,29,33)(H,34,35). The number of aromatic nitrogens is 1. The highest BCUT2D eigenvalue weighted by atomic mass is 32.2. The summed E-state index contributed by atoms with van der Waals surface area (Å²) in [7, 11) is -2.24. The third-order valence-corrected chi connectivity index (χ3v) is 12.0. The van der Waals surface area contributed by atoms with Gasteiger partial charge in [-0.05, 0) is 42.0 Å². The number of thioether (sulfide) groups is 1. The Labute approximate surface area is 241 Å². The molecule has 9 nitrogen and oxygen atoms in total. The lowest BCUT2D eigenvalue weighted by molar-refractivity contribution is 0.0933. The molecule has 0 radical (unpaired) electrons. The molecule has 1 fully saturated rings. The van der Waals surface area contributed by atoms with Crippen LogP contribution in [0.5, 0.6) is 0 Å². The number of thiophene rings is 1. The Morgan fingerprint density at radius 3 is 2.52 bits per heavy atom. The summed E-state index contributed by atoms with van der Waals surface area (Å²) in [6.45, 7) is 1.20. The summed E-state index contributed by atoms with van der Waals surface area (Å²) in [5.74, 6) is 0.455. The molecular weight excluding hydrogens is 569 g/mol. The summed E-state index contributed by atoms with van der Waals surface area (Å²) < 4.78 is 27.4. The van der Waals surface area contributed by atoms with Gasteiger partial charge in [0, 0.05) is 42.6 Å². The number of sulfonamides is 1. The predicted octanol–water partition coefficient (Wildman–Crippen LogP) is 5.23. The number of carbonyl (C=O) groups is 2. The van der Waals surface area contributed by atoms with E-state index in [-0.39, 0.29) is 14.9 Å². The van der Waals surface area contributed by atoms with Crippen LogP contribution in [0.2, 0.25) is 0 Å². The van der Waals surface area contributed by atoms with Crippen molar-refractivity contribution in [3.63, 3.8) is 0 Å². The van der Waals surface area contributed by atoms with Crippen LogP contribution in [-0.2, 0) is 15.8 Å². The minimum Gasteiger partial charge on any atom is -0.465 e. The predicted molar refractivity (Wildman–Crippen MR) is 160 cm³/mol. The summed E-state index contributed by atoms with van der Waals surface area (Å²) in [5, 5.41) is 14.9. The maximum atomic E-state index is 13.3. The second-order valence-corrected chi connectivity index (χ2v) is 14.3. The molecule has 0 saturated carbocycles. The molecule has 0 spiro atoms. The molecule has 5 rings (SSSR count). The Hall–Kier alpha value is -3.48. The van der Waals surface area contributed by atoms with Crippen LogP contribution < -0.4 is 9.62 Å². The van der Waals surface area contributed by atoms with E-state index in [2.05, 4.69) is 22.4 Å². The molecule has 1 aliphatic heterocycles. The fraction of sp³-hybridized carbons (Fsp3) is 0.286. The number of nitrogens with one attached hydrogen (secondary N) is 2. The van der Waals surface area contributed by atoms with Crippen molar-refractivity contribution in [1.82, 2.24) is 15.2 Å². The van der Waals surface area contributed by atoms with Gasteiger partial charge in [-0.15, -0.1) is 23.1 Å². The molecule has 0 bridgehead atoms. The molecule has 2 amide bonds. The number of amides is 2. The number of para-hydroxylation sites is 1. The van der Waals surface area contributed by atoms with Crippen molar-refractivity contribution in [1.29, 1.82) is 0 Å². The van der Waals surface area contributed by atoms with Gasteiger partial charge in [-0.1, -0.05) is 48.5 Å². The van der Waals surface area contributed by atoms with Gasteiger partial charge in [0.15, 0.2) is 0 Å². The minimum absolute atomic E-state index is 0.240. The van der Waals surface area contributed by atoms with Crippen LogP contribution in [0.4, 0.5) is 10.5 Å². The fourth-order valence-electron chi connectivity index (χ4n) is 4.82. The lowest BCUT2D eigenvalue weighted by atomic mass is 9.95. The normalized spacial score (nSPS) is 15.2. The highest BCUT2D eigenvalue weighted by Gasteiger charge is 2.37. The summed E-state index contributed by atoms with van der Waals surface area (Å²) in [6, 6.07) is 20.3. The molecular formula is C28H30N4O5S3. The number of likely N-dealkylation sites (tertiary alicyclic amines) is 1. The zero-order valence-corrected chi connectivity index (χ0v) is 24.3. The molecule has 40 heavy (non-hydrogen) atoms. The number of benzene rings is 2. The maximum absolute atomic E-state index is 13.3. The van der Waals surface area contributed by atoms with Gasteiger partial charge in [-0.25, -0.2) is 13.2 Å². The first-order valence-corrected chi connectivity index (χ1v) is 16.1. The molecule has 12 heteroatoms. The van der Waals surface area contributed by atoms with E-state index in [1.807, 2.05) is 24.3 Å². The molecule has 0 aliphatic carbocycles. The van der Waals surface area contributed by atoms with E-state index in [0.29, 0.717) is 49.4 Å². The molecule has 0 atom stereocenters. The van der Waals surface area contributed by atoms with Crippen LogP contribution in [0.1, 0.15) is 28.9 Å². The third-order valence-electron chi connectivity index (χ3n) is 7.23. The molecule has 4 aromatic rings. The van der Waals surface area contributed by atoms with Crippen molar-refractivity contribution in [3.05, 3.63) is 83.4 Å². The summed E-state index contributed by atoms with van der Waals surface area (Å²) in [6.07, 6.45) is 0.323. The van der Waals surface area contributed by atoms with Crippen LogP contribution >= 0.6 is 23.1 Å². The number of anilines is 1. The molecule has 1 aliphatic rings. The molecule has 2 aromatic carbocycles. The summed E-state index contributed by atoms with van der Waals surface area (Å²) in [4.78, 5) is 29.4. The minimum atomic E-state index is -3.74. The maximum Gasteiger partial charge on any atom is 0.407 e. The quantitative estimate of drug-likeness (QED) is 0.243. The van der Waals surface area contributed by atoms with Crippen molar-refractivity contribution >= 4 is 61.7 Å². The van der Waals surface area contributed by atoms with Gasteiger partial charge in [0.05, 0.1) is 11.2 Å². The number of piperidine rings is 1. The van der Waals surface area contributed by atoms with E-state index in [1.54, 1.807) is 47.5 Å². The first kappa shape index (κ1) is 28.1. The Balaban J connectivity index is 1.34. The highest BCUT2D eigenvalue weighted by molar-refractivity contribution is 8.00. The molecule has 0 unspecified atom stereocenters. The number of H-pyrrole nitrogens is 1. The van der Waals surface area contributed by atoms with E-state index < -0.39 is 16.1 Å². The van der Waals surface area contributed by atoms with Crippen molar-refractivity contribution in [2.45, 2.75) is 27.6 Å². The average Bonchev–Trinajstić information content (AvgIpc) is 3.66. The van der Waals surface area contributed by atoms with E-state index in [9.17, 15) is 23.1 Å². The van der Waals surface area contributed by atoms with E-state index >= 15 is 0 Å². The Morgan fingerprint density at radius 1 is 1.10 bits per heavy atom. The van der Waals surface area contributed by atoms with Gasteiger partial charge in [0.25, 0.3) is 15.9 Å². The second kappa shape index (κ2) is 11.6.